The Kier molecular flexibility index (Phi) is 5.55. The minimum Gasteiger partial charge on any atom is -0.359 e. The molecule has 0 aliphatic rings. The zero-order chi connectivity index (χ0) is 14.5. The summed E-state index contributed by atoms with van der Waals surface area (Å²) in [6, 6.07) is 8.87. The number of carbonyl (C=O) groups excluding carboxylic acids is 1. The fourth-order valence-electron chi connectivity index (χ4n) is 2.09. The van der Waals surface area contributed by atoms with E-state index in [0.29, 0.717) is 12.6 Å². The molecule has 0 heterocycles. The second kappa shape index (κ2) is 6.71. The van der Waals surface area contributed by atoms with Crippen molar-refractivity contribution in [1.82, 2.24) is 10.6 Å². The molecule has 1 unspecified atom stereocenters. The lowest BCUT2D eigenvalue weighted by atomic mass is 9.91. The number of amides is 1. The second-order valence-electron chi connectivity index (χ2n) is 5.72. The van der Waals surface area contributed by atoms with Crippen molar-refractivity contribution in [1.29, 1.82) is 0 Å². The lowest BCUT2D eigenvalue weighted by Gasteiger charge is -2.26. The van der Waals surface area contributed by atoms with Gasteiger partial charge in [0.05, 0.1) is 5.41 Å². The van der Waals surface area contributed by atoms with Crippen LogP contribution >= 0.6 is 0 Å². The third-order valence-electron chi connectivity index (χ3n) is 3.52. The van der Waals surface area contributed by atoms with E-state index >= 15 is 0 Å². The standard InChI is InChI=1S/C16H26N2O/c1-6-14(13-9-7-12(2)8-10-13)18-11-16(3,4)15(19)17-5/h7-10,14,18H,6,11H2,1-5H3,(H,17,19). The highest BCUT2D eigenvalue weighted by Crippen LogP contribution is 2.20. The molecule has 0 fully saturated rings. The van der Waals surface area contributed by atoms with Gasteiger partial charge < -0.3 is 10.6 Å². The van der Waals surface area contributed by atoms with Crippen molar-refractivity contribution in [2.24, 2.45) is 5.41 Å². The van der Waals surface area contributed by atoms with Crippen molar-refractivity contribution in [2.45, 2.75) is 40.2 Å². The molecule has 0 aromatic heterocycles. The van der Waals surface area contributed by atoms with Crippen LogP contribution in [0.15, 0.2) is 24.3 Å². The zero-order valence-electron chi connectivity index (χ0n) is 12.7. The fraction of sp³-hybridized carbons (Fsp3) is 0.562. The molecule has 0 aliphatic carbocycles. The van der Waals surface area contributed by atoms with E-state index in [9.17, 15) is 4.79 Å². The van der Waals surface area contributed by atoms with Crippen LogP contribution in [0.4, 0.5) is 0 Å². The smallest absolute Gasteiger partial charge is 0.226 e. The molecule has 2 N–H and O–H groups in total. The first kappa shape index (κ1) is 15.7. The molecule has 1 atom stereocenters. The predicted molar refractivity (Wildman–Crippen MR) is 80.1 cm³/mol. The summed E-state index contributed by atoms with van der Waals surface area (Å²) >= 11 is 0. The summed E-state index contributed by atoms with van der Waals surface area (Å²) < 4.78 is 0. The molecule has 19 heavy (non-hydrogen) atoms. The zero-order valence-corrected chi connectivity index (χ0v) is 12.7. The van der Waals surface area contributed by atoms with E-state index in [0.717, 1.165) is 6.42 Å². The number of rotatable bonds is 6. The molecule has 3 nitrogen and oxygen atoms in total. The van der Waals surface area contributed by atoms with Gasteiger partial charge in [-0.25, -0.2) is 0 Å². The first-order chi connectivity index (χ1) is 8.90. The Hall–Kier alpha value is -1.35. The van der Waals surface area contributed by atoms with Crippen LogP contribution in [0, 0.1) is 12.3 Å². The Balaban J connectivity index is 2.68. The van der Waals surface area contributed by atoms with E-state index in [2.05, 4.69) is 48.7 Å². The van der Waals surface area contributed by atoms with E-state index in [-0.39, 0.29) is 5.91 Å². The van der Waals surface area contributed by atoms with Gasteiger partial charge in [-0.3, -0.25) is 4.79 Å². The minimum atomic E-state index is -0.396. The Labute approximate surface area is 116 Å². The van der Waals surface area contributed by atoms with Crippen LogP contribution in [0.1, 0.15) is 44.4 Å². The van der Waals surface area contributed by atoms with Gasteiger partial charge in [-0.05, 0) is 32.8 Å². The molecule has 0 aliphatic heterocycles. The van der Waals surface area contributed by atoms with E-state index in [4.69, 9.17) is 0 Å². The van der Waals surface area contributed by atoms with Crippen molar-refractivity contribution in [2.75, 3.05) is 13.6 Å². The third kappa shape index (κ3) is 4.35. The SMILES string of the molecule is CCC(NCC(C)(C)C(=O)NC)c1ccc(C)cc1. The van der Waals surface area contributed by atoms with Crippen LogP contribution in [-0.4, -0.2) is 19.5 Å². The van der Waals surface area contributed by atoms with Crippen molar-refractivity contribution < 1.29 is 4.79 Å². The number of nitrogens with one attached hydrogen (secondary N) is 2. The van der Waals surface area contributed by atoms with Gasteiger partial charge in [0.15, 0.2) is 0 Å². The van der Waals surface area contributed by atoms with Crippen LogP contribution in [0.3, 0.4) is 0 Å². The highest BCUT2D eigenvalue weighted by Gasteiger charge is 2.27. The summed E-state index contributed by atoms with van der Waals surface area (Å²) in [6.45, 7) is 8.83. The van der Waals surface area contributed by atoms with Crippen molar-refractivity contribution in [3.05, 3.63) is 35.4 Å². The van der Waals surface area contributed by atoms with Crippen LogP contribution in [0.2, 0.25) is 0 Å². The maximum Gasteiger partial charge on any atom is 0.226 e. The van der Waals surface area contributed by atoms with Gasteiger partial charge in [-0.2, -0.15) is 0 Å². The van der Waals surface area contributed by atoms with Gasteiger partial charge >= 0.3 is 0 Å². The highest BCUT2D eigenvalue weighted by atomic mass is 16.2. The van der Waals surface area contributed by atoms with E-state index in [1.165, 1.54) is 11.1 Å². The summed E-state index contributed by atoms with van der Waals surface area (Å²) in [5.41, 5.74) is 2.15. The quantitative estimate of drug-likeness (QED) is 0.827. The molecule has 1 aromatic rings. The Morgan fingerprint density at radius 2 is 1.84 bits per heavy atom. The highest BCUT2D eigenvalue weighted by molar-refractivity contribution is 5.81. The van der Waals surface area contributed by atoms with Gasteiger partial charge in [0, 0.05) is 19.6 Å². The molecule has 0 radical (unpaired) electrons. The molecular weight excluding hydrogens is 236 g/mol. The largest absolute Gasteiger partial charge is 0.359 e. The lowest BCUT2D eigenvalue weighted by molar-refractivity contribution is -0.128. The summed E-state index contributed by atoms with van der Waals surface area (Å²) in [7, 11) is 1.68. The third-order valence-corrected chi connectivity index (χ3v) is 3.52. The number of carbonyl (C=O) groups is 1. The van der Waals surface area contributed by atoms with Crippen molar-refractivity contribution in [3.8, 4) is 0 Å². The molecular formula is C16H26N2O. The maximum absolute atomic E-state index is 11.8. The summed E-state index contributed by atoms with van der Waals surface area (Å²) in [5, 5.41) is 6.22. The summed E-state index contributed by atoms with van der Waals surface area (Å²) in [5.74, 6) is 0.0683. The molecule has 106 valence electrons. The molecule has 0 spiro atoms. The molecule has 1 aromatic carbocycles. The molecule has 1 rings (SSSR count). The normalized spacial score (nSPS) is 13.1. The van der Waals surface area contributed by atoms with Crippen LogP contribution < -0.4 is 10.6 Å². The van der Waals surface area contributed by atoms with E-state index < -0.39 is 5.41 Å². The molecule has 1 amide bonds. The predicted octanol–water partition coefficient (Wildman–Crippen LogP) is 2.81. The van der Waals surface area contributed by atoms with Crippen LogP contribution in [-0.2, 0) is 4.79 Å². The number of hydrogen-bond donors (Lipinski definition) is 2. The summed E-state index contributed by atoms with van der Waals surface area (Å²) in [6.07, 6.45) is 1.01. The first-order valence-electron chi connectivity index (χ1n) is 6.93. The van der Waals surface area contributed by atoms with Gasteiger partial charge in [-0.15, -0.1) is 0 Å². The maximum atomic E-state index is 11.8. The average Bonchev–Trinajstić information content (AvgIpc) is 2.40. The van der Waals surface area contributed by atoms with Crippen LogP contribution in [0.25, 0.3) is 0 Å². The number of hydrogen-bond acceptors (Lipinski definition) is 2. The topological polar surface area (TPSA) is 41.1 Å². The average molecular weight is 262 g/mol. The molecule has 0 saturated heterocycles. The first-order valence-corrected chi connectivity index (χ1v) is 6.93. The second-order valence-corrected chi connectivity index (χ2v) is 5.72. The van der Waals surface area contributed by atoms with Gasteiger partial charge in [0.2, 0.25) is 5.91 Å². The Morgan fingerprint density at radius 1 is 1.26 bits per heavy atom. The monoisotopic (exact) mass is 262 g/mol. The van der Waals surface area contributed by atoms with E-state index in [1.54, 1.807) is 7.05 Å². The lowest BCUT2D eigenvalue weighted by Crippen LogP contribution is -2.42. The van der Waals surface area contributed by atoms with Crippen LogP contribution in [0.5, 0.6) is 0 Å². The fourth-order valence-corrected chi connectivity index (χ4v) is 2.09. The number of benzene rings is 1. The minimum absolute atomic E-state index is 0.0683. The molecule has 0 bridgehead atoms. The molecule has 0 saturated carbocycles. The van der Waals surface area contributed by atoms with E-state index in [1.807, 2.05) is 13.8 Å². The molecule has 3 heteroatoms. The van der Waals surface area contributed by atoms with Gasteiger partial charge in [0.1, 0.15) is 0 Å². The van der Waals surface area contributed by atoms with Crippen molar-refractivity contribution >= 4 is 5.91 Å². The number of aryl methyl sites for hydroxylation is 1. The Bertz CT molecular complexity index is 409. The van der Waals surface area contributed by atoms with Gasteiger partial charge in [0.25, 0.3) is 0 Å². The van der Waals surface area contributed by atoms with Crippen molar-refractivity contribution in [3.63, 3.8) is 0 Å². The summed E-state index contributed by atoms with van der Waals surface area (Å²) in [4.78, 5) is 11.8. The Morgan fingerprint density at radius 3 is 2.32 bits per heavy atom. The van der Waals surface area contributed by atoms with Gasteiger partial charge in [-0.1, -0.05) is 36.8 Å².